The van der Waals surface area contributed by atoms with Gasteiger partial charge in [0.05, 0.1) is 11.5 Å². The molecular formula is C14H16F3N3O3. The second-order valence-corrected chi connectivity index (χ2v) is 5.66. The van der Waals surface area contributed by atoms with E-state index < -0.39 is 34.8 Å². The van der Waals surface area contributed by atoms with E-state index in [9.17, 15) is 27.6 Å². The fourth-order valence-corrected chi connectivity index (χ4v) is 2.38. The molecule has 0 bridgehead atoms. The molecule has 1 unspecified atom stereocenters. The van der Waals surface area contributed by atoms with Gasteiger partial charge in [-0.15, -0.1) is 0 Å². The van der Waals surface area contributed by atoms with E-state index >= 15 is 0 Å². The fourth-order valence-electron chi connectivity index (χ4n) is 2.38. The molecule has 1 fully saturated rings. The number of nitrogens with one attached hydrogen (secondary N) is 2. The number of likely N-dealkylation sites (tertiary alicyclic amines) is 1. The van der Waals surface area contributed by atoms with E-state index in [1.54, 1.807) is 13.8 Å². The van der Waals surface area contributed by atoms with E-state index in [1.165, 1.54) is 4.90 Å². The van der Waals surface area contributed by atoms with E-state index in [1.807, 2.05) is 4.98 Å². The quantitative estimate of drug-likeness (QED) is 0.882. The molecule has 1 atom stereocenters. The third-order valence-electron chi connectivity index (χ3n) is 3.64. The summed E-state index contributed by atoms with van der Waals surface area (Å²) >= 11 is 0. The normalized spacial score (nSPS) is 18.6. The number of hydrogen-bond donors (Lipinski definition) is 2. The zero-order chi connectivity index (χ0) is 17.4. The smallest absolute Gasteiger partial charge is 0.339 e. The van der Waals surface area contributed by atoms with Gasteiger partial charge in [-0.25, -0.2) is 0 Å². The van der Waals surface area contributed by atoms with Gasteiger partial charge in [0, 0.05) is 25.2 Å². The third kappa shape index (κ3) is 3.72. The number of hydrogen-bond acceptors (Lipinski definition) is 3. The van der Waals surface area contributed by atoms with Crippen LogP contribution in [0.3, 0.4) is 0 Å². The Morgan fingerprint density at radius 3 is 2.57 bits per heavy atom. The van der Waals surface area contributed by atoms with Crippen molar-refractivity contribution in [3.8, 4) is 0 Å². The van der Waals surface area contributed by atoms with Gasteiger partial charge in [0.1, 0.15) is 5.69 Å². The van der Waals surface area contributed by atoms with Crippen molar-refractivity contribution in [2.75, 3.05) is 11.9 Å². The number of carbonyl (C=O) groups is 2. The van der Waals surface area contributed by atoms with Crippen molar-refractivity contribution in [3.05, 3.63) is 28.2 Å². The Kier molecular flexibility index (Phi) is 4.49. The van der Waals surface area contributed by atoms with Crippen LogP contribution < -0.4 is 10.9 Å². The van der Waals surface area contributed by atoms with Gasteiger partial charge in [-0.3, -0.25) is 14.4 Å². The number of H-pyrrole nitrogens is 1. The molecule has 0 saturated carbocycles. The average Bonchev–Trinajstić information content (AvgIpc) is 2.82. The maximum atomic E-state index is 12.6. The number of nitrogens with zero attached hydrogens (tertiary/aromatic N) is 1. The Morgan fingerprint density at radius 2 is 2.04 bits per heavy atom. The number of aromatic nitrogens is 1. The molecule has 1 aliphatic rings. The second kappa shape index (κ2) is 6.05. The second-order valence-electron chi connectivity index (χ2n) is 5.66. The summed E-state index contributed by atoms with van der Waals surface area (Å²) in [4.78, 5) is 38.9. The fraction of sp³-hybridized carbons (Fsp3) is 0.500. The van der Waals surface area contributed by atoms with Gasteiger partial charge in [0.25, 0.3) is 5.56 Å². The number of aromatic amines is 1. The molecule has 9 heteroatoms. The van der Waals surface area contributed by atoms with E-state index in [-0.39, 0.29) is 24.9 Å². The van der Waals surface area contributed by atoms with Crippen LogP contribution in [0.5, 0.6) is 0 Å². The lowest BCUT2D eigenvalue weighted by atomic mass is 10.1. The number of anilines is 1. The minimum Gasteiger partial charge on any atom is -0.339 e. The largest absolute Gasteiger partial charge is 0.417 e. The number of carbonyl (C=O) groups excluding carboxylic acids is 2. The van der Waals surface area contributed by atoms with E-state index in [2.05, 4.69) is 5.32 Å². The summed E-state index contributed by atoms with van der Waals surface area (Å²) in [6.07, 6.45) is -4.13. The Hall–Kier alpha value is -2.32. The molecule has 0 radical (unpaired) electrons. The highest BCUT2D eigenvalue weighted by molar-refractivity contribution is 5.97. The van der Waals surface area contributed by atoms with Gasteiger partial charge in [0.15, 0.2) is 0 Å². The van der Waals surface area contributed by atoms with E-state index in [0.717, 1.165) is 0 Å². The van der Waals surface area contributed by atoms with Crippen molar-refractivity contribution >= 4 is 17.5 Å². The molecule has 0 spiro atoms. The topological polar surface area (TPSA) is 82.3 Å². The minimum atomic E-state index is -4.64. The first-order chi connectivity index (χ1) is 10.6. The lowest BCUT2D eigenvalue weighted by Crippen LogP contribution is -2.34. The van der Waals surface area contributed by atoms with E-state index in [0.29, 0.717) is 12.3 Å². The van der Waals surface area contributed by atoms with Crippen molar-refractivity contribution in [1.82, 2.24) is 9.88 Å². The van der Waals surface area contributed by atoms with Crippen LogP contribution >= 0.6 is 0 Å². The standard InChI is InChI=1S/C14H16F3N3O3/c1-7(2)20-6-8(3-11(20)21)12(22)19-10-4-9(14(15,16)17)5-18-13(10)23/h4-5,7-8H,3,6H2,1-2H3,(H,18,23)(H,19,22). The predicted molar refractivity (Wildman–Crippen MR) is 75.7 cm³/mol. The summed E-state index contributed by atoms with van der Waals surface area (Å²) in [6.45, 7) is 3.78. The first kappa shape index (κ1) is 17.0. The van der Waals surface area contributed by atoms with Crippen LogP contribution in [0, 0.1) is 5.92 Å². The molecule has 2 rings (SSSR count). The Bertz CT molecular complexity index is 682. The molecule has 126 valence electrons. The Morgan fingerprint density at radius 1 is 1.39 bits per heavy atom. The lowest BCUT2D eigenvalue weighted by molar-refractivity contribution is -0.138. The van der Waals surface area contributed by atoms with Crippen LogP contribution in [0.15, 0.2) is 17.1 Å². The maximum absolute atomic E-state index is 12.6. The van der Waals surface area contributed by atoms with Crippen LogP contribution in [-0.4, -0.2) is 34.3 Å². The van der Waals surface area contributed by atoms with Crippen LogP contribution in [0.4, 0.5) is 18.9 Å². The Labute approximate surface area is 129 Å². The summed E-state index contributed by atoms with van der Waals surface area (Å²) in [5, 5.41) is 2.18. The van der Waals surface area contributed by atoms with Crippen LogP contribution in [0.2, 0.25) is 0 Å². The van der Waals surface area contributed by atoms with Crippen molar-refractivity contribution in [2.45, 2.75) is 32.5 Å². The van der Waals surface area contributed by atoms with Crippen LogP contribution in [0.1, 0.15) is 25.8 Å². The number of pyridine rings is 1. The SMILES string of the molecule is CC(C)N1CC(C(=O)Nc2cc(C(F)(F)F)c[nH]c2=O)CC1=O. The molecule has 0 aliphatic carbocycles. The minimum absolute atomic E-state index is 0.0269. The number of halogens is 3. The molecule has 1 aliphatic heterocycles. The summed E-state index contributed by atoms with van der Waals surface area (Å²) in [5.41, 5.74) is -2.39. The summed E-state index contributed by atoms with van der Waals surface area (Å²) in [6, 6.07) is 0.505. The average molecular weight is 331 g/mol. The summed E-state index contributed by atoms with van der Waals surface area (Å²) in [5.74, 6) is -1.54. The number of rotatable bonds is 3. The molecule has 23 heavy (non-hydrogen) atoms. The highest BCUT2D eigenvalue weighted by Crippen LogP contribution is 2.29. The monoisotopic (exact) mass is 331 g/mol. The van der Waals surface area contributed by atoms with Gasteiger partial charge < -0.3 is 15.2 Å². The number of alkyl halides is 3. The van der Waals surface area contributed by atoms with Crippen molar-refractivity contribution in [2.24, 2.45) is 5.92 Å². The van der Waals surface area contributed by atoms with Crippen molar-refractivity contribution < 1.29 is 22.8 Å². The maximum Gasteiger partial charge on any atom is 0.417 e. The highest BCUT2D eigenvalue weighted by Gasteiger charge is 2.36. The highest BCUT2D eigenvalue weighted by atomic mass is 19.4. The molecule has 6 nitrogen and oxygen atoms in total. The van der Waals surface area contributed by atoms with Gasteiger partial charge in [-0.2, -0.15) is 13.2 Å². The first-order valence-corrected chi connectivity index (χ1v) is 7.00. The van der Waals surface area contributed by atoms with Crippen LogP contribution in [0.25, 0.3) is 0 Å². The van der Waals surface area contributed by atoms with Gasteiger partial charge in [-0.1, -0.05) is 0 Å². The third-order valence-corrected chi connectivity index (χ3v) is 3.64. The molecule has 0 aromatic carbocycles. The van der Waals surface area contributed by atoms with Gasteiger partial charge >= 0.3 is 6.18 Å². The summed E-state index contributed by atoms with van der Waals surface area (Å²) in [7, 11) is 0. The van der Waals surface area contributed by atoms with Crippen molar-refractivity contribution in [3.63, 3.8) is 0 Å². The van der Waals surface area contributed by atoms with E-state index in [4.69, 9.17) is 0 Å². The molecule has 1 aromatic rings. The Balaban J connectivity index is 2.15. The first-order valence-electron chi connectivity index (χ1n) is 7.00. The number of amides is 2. The molecular weight excluding hydrogens is 315 g/mol. The molecule has 2 N–H and O–H groups in total. The lowest BCUT2D eigenvalue weighted by Gasteiger charge is -2.20. The zero-order valence-corrected chi connectivity index (χ0v) is 12.5. The molecule has 1 saturated heterocycles. The predicted octanol–water partition coefficient (Wildman–Crippen LogP) is 1.59. The van der Waals surface area contributed by atoms with Gasteiger partial charge in [-0.05, 0) is 19.9 Å². The molecule has 2 amide bonds. The zero-order valence-electron chi connectivity index (χ0n) is 12.5. The molecule has 2 heterocycles. The van der Waals surface area contributed by atoms with Crippen LogP contribution in [-0.2, 0) is 15.8 Å². The molecule has 1 aromatic heterocycles. The van der Waals surface area contributed by atoms with Gasteiger partial charge in [0.2, 0.25) is 11.8 Å². The van der Waals surface area contributed by atoms with Crippen molar-refractivity contribution in [1.29, 1.82) is 0 Å². The summed E-state index contributed by atoms with van der Waals surface area (Å²) < 4.78 is 37.9.